The number of rotatable bonds is 21. The van der Waals surface area contributed by atoms with Crippen LogP contribution in [0.4, 0.5) is 22.7 Å². The van der Waals surface area contributed by atoms with Crippen molar-refractivity contribution in [2.45, 2.75) is 27.2 Å². The van der Waals surface area contributed by atoms with E-state index in [2.05, 4.69) is 148 Å². The molecule has 10 rings (SSSR count). The number of aromatic hydroxyl groups is 5. The minimum absolute atomic E-state index is 0.0414. The Kier molecular flexibility index (Phi) is 31.0. The largest absolute Gasteiger partial charge is 0.508 e. The highest BCUT2D eigenvalue weighted by atomic mass is 16.8. The predicted molar refractivity (Wildman–Crippen MR) is 421 cm³/mol. The van der Waals surface area contributed by atoms with Crippen LogP contribution in [0.2, 0.25) is 0 Å². The van der Waals surface area contributed by atoms with Crippen molar-refractivity contribution < 1.29 is 49.1 Å². The standard InChI is InChI=1S/C33H32N2O2.2C16H17NO.C15H15NO2.C7H16O3/c1-34(2)28-16-8-24(9-17-28)32(26-12-20-30(36)21-13-26)6-5-7-33(27-14-22-31(37)23-15-27)25-10-18-29(19-11-25)35(3)4;2*1-12(14-6-10-16(18)11-7-14)13-4-8-15(9-5-13)17(2)3;1-16(2)13-7-3-11(4-8-13)15(18)12-5-9-14(17)10-6-12;1-4-8-7(9-5-2)10-6-3/h5-23H,1-4H3,(H,36,37);2*4-11,18H,1H2,2-3H3;3-10,17H,1-2H3;7H,4-6H2,1-3H3/p+1. The van der Waals surface area contributed by atoms with E-state index in [9.17, 15) is 30.3 Å². The van der Waals surface area contributed by atoms with Crippen LogP contribution in [0.1, 0.15) is 75.6 Å². The molecule has 1 aliphatic carbocycles. The zero-order chi connectivity index (χ0) is 73.5. The van der Waals surface area contributed by atoms with Gasteiger partial charge in [-0.25, -0.2) is 4.58 Å². The van der Waals surface area contributed by atoms with Crippen LogP contribution in [0, 0.1) is 0 Å². The van der Waals surface area contributed by atoms with Crippen LogP contribution < -0.4 is 19.6 Å². The number of anilines is 4. The summed E-state index contributed by atoms with van der Waals surface area (Å²) < 4.78 is 17.3. The van der Waals surface area contributed by atoms with Gasteiger partial charge in [0.15, 0.2) is 11.5 Å². The number of hydrogen-bond acceptors (Lipinski definition) is 13. The topological polar surface area (TPSA) is 162 Å². The number of phenols is 5. The zero-order valence-electron chi connectivity index (χ0n) is 60.5. The summed E-state index contributed by atoms with van der Waals surface area (Å²) in [6.45, 7) is 15.3. The lowest BCUT2D eigenvalue weighted by Crippen LogP contribution is -2.20. The summed E-state index contributed by atoms with van der Waals surface area (Å²) >= 11 is 0. The molecule has 0 spiro atoms. The molecule has 0 saturated heterocycles. The highest BCUT2D eigenvalue weighted by Crippen LogP contribution is 2.31. The molecule has 0 amide bonds. The molecule has 524 valence electrons. The van der Waals surface area contributed by atoms with E-state index in [-0.39, 0.29) is 34.5 Å². The number of hydrogen-bond donors (Lipinski definition) is 5. The molecule has 0 unspecified atom stereocenters. The number of carbonyl (C=O) groups excluding carboxylic acids is 1. The minimum atomic E-state index is -0.472. The van der Waals surface area contributed by atoms with E-state index >= 15 is 0 Å². The summed E-state index contributed by atoms with van der Waals surface area (Å²) in [5, 5.41) is 47.4. The van der Waals surface area contributed by atoms with Crippen LogP contribution >= 0.6 is 0 Å². The van der Waals surface area contributed by atoms with E-state index in [4.69, 9.17) is 14.2 Å². The van der Waals surface area contributed by atoms with Gasteiger partial charge in [0.2, 0.25) is 0 Å². The molecule has 9 aromatic rings. The quantitative estimate of drug-likeness (QED) is 0.0200. The van der Waals surface area contributed by atoms with Gasteiger partial charge in [-0.05, 0) is 233 Å². The van der Waals surface area contributed by atoms with Crippen LogP contribution in [0.5, 0.6) is 28.7 Å². The highest BCUT2D eigenvalue weighted by molar-refractivity contribution is 6.09. The lowest BCUT2D eigenvalue weighted by atomic mass is 9.94. The van der Waals surface area contributed by atoms with Crippen molar-refractivity contribution in [2.75, 3.05) is 110 Å². The first kappa shape index (κ1) is 78.6. The van der Waals surface area contributed by atoms with E-state index < -0.39 is 6.48 Å². The van der Waals surface area contributed by atoms with Crippen molar-refractivity contribution >= 4 is 56.5 Å². The average molecular weight is 1360 g/mol. The van der Waals surface area contributed by atoms with Gasteiger partial charge in [0.1, 0.15) is 42.8 Å². The first-order chi connectivity index (χ1) is 48.4. The van der Waals surface area contributed by atoms with Crippen molar-refractivity contribution in [3.8, 4) is 28.7 Å². The normalized spacial score (nSPS) is 11.4. The van der Waals surface area contributed by atoms with Crippen molar-refractivity contribution in [3.05, 3.63) is 330 Å². The molecule has 0 saturated carbocycles. The molecular weight excluding hydrogens is 1260 g/mol. The van der Waals surface area contributed by atoms with Gasteiger partial charge in [-0.2, -0.15) is 0 Å². The van der Waals surface area contributed by atoms with Crippen LogP contribution in [0.25, 0.3) is 22.3 Å². The first-order valence-corrected chi connectivity index (χ1v) is 33.3. The molecule has 0 atom stereocenters. The van der Waals surface area contributed by atoms with Crippen molar-refractivity contribution in [1.29, 1.82) is 0 Å². The van der Waals surface area contributed by atoms with E-state index in [1.165, 1.54) is 12.1 Å². The summed E-state index contributed by atoms with van der Waals surface area (Å²) in [7, 11) is 20.1. The Morgan fingerprint density at radius 2 is 0.624 bits per heavy atom. The van der Waals surface area contributed by atoms with Gasteiger partial charge in [-0.3, -0.25) is 4.79 Å². The third kappa shape index (κ3) is 24.8. The highest BCUT2D eigenvalue weighted by Gasteiger charge is 2.13. The molecule has 1 aliphatic rings. The lowest BCUT2D eigenvalue weighted by Gasteiger charge is -2.15. The molecule has 0 fully saturated rings. The van der Waals surface area contributed by atoms with Crippen LogP contribution in [-0.2, 0) is 14.2 Å². The SMILES string of the molecule is C=C(c1ccc(O)cc1)c1ccc(N(C)C)cc1.C=C(c1ccc(O)cc1)c1ccc(N(C)C)cc1.CCOC(OCC)OCC.CN(C)c1ccc(/C(=C\C=CC(=C2C=CC(=[N+](C)C)C=C2)c2ccc(O)cc2)c2ccc(O)cc2)cc1.CN(C)c1ccc(C(=O)c2ccc(O)cc2)cc1. The fraction of sp³-hybridized carbons (Fsp3) is 0.195. The monoisotopic (exact) mass is 1360 g/mol. The van der Waals surface area contributed by atoms with Gasteiger partial charge in [-0.1, -0.05) is 116 Å². The number of nitrogens with zero attached hydrogens (tertiary/aromatic N) is 5. The van der Waals surface area contributed by atoms with Crippen LogP contribution in [-0.4, -0.2) is 138 Å². The minimum Gasteiger partial charge on any atom is -0.508 e. The number of ether oxygens (including phenoxy) is 3. The summed E-state index contributed by atoms with van der Waals surface area (Å²) in [5.74, 6) is 1.15. The van der Waals surface area contributed by atoms with Crippen molar-refractivity contribution in [3.63, 3.8) is 0 Å². The number of benzene rings is 9. The Morgan fingerprint density at radius 3 is 0.901 bits per heavy atom. The lowest BCUT2D eigenvalue weighted by molar-refractivity contribution is -0.462. The maximum Gasteiger partial charge on any atom is 0.271 e. The maximum absolute atomic E-state index is 12.1. The number of carbonyl (C=O) groups is 1. The zero-order valence-corrected chi connectivity index (χ0v) is 60.5. The molecule has 9 aromatic carbocycles. The van der Waals surface area contributed by atoms with Gasteiger partial charge in [0.05, 0.1) is 0 Å². The molecule has 0 bridgehead atoms. The van der Waals surface area contributed by atoms with Crippen molar-refractivity contribution in [1.82, 2.24) is 0 Å². The molecule has 14 heteroatoms. The summed E-state index contributed by atoms with van der Waals surface area (Å²) in [6.07, 6.45) is 14.7. The van der Waals surface area contributed by atoms with Gasteiger partial charge in [-0.15, -0.1) is 0 Å². The molecule has 0 heterocycles. The smallest absolute Gasteiger partial charge is 0.271 e. The fourth-order valence-electron chi connectivity index (χ4n) is 9.94. The summed E-state index contributed by atoms with van der Waals surface area (Å²) in [5.41, 5.74) is 19.3. The van der Waals surface area contributed by atoms with E-state index in [1.807, 2.05) is 169 Å². The maximum atomic E-state index is 12.1. The summed E-state index contributed by atoms with van der Waals surface area (Å²) in [4.78, 5) is 20.3. The molecule has 0 radical (unpaired) electrons. The molecule has 5 N–H and O–H groups in total. The Hall–Kier alpha value is -11.4. The molecular formula is C87H98N5O9+. The molecule has 14 nitrogen and oxygen atoms in total. The van der Waals surface area contributed by atoms with Gasteiger partial charge in [0, 0.05) is 122 Å². The van der Waals surface area contributed by atoms with Gasteiger partial charge >= 0.3 is 0 Å². The second-order valence-corrected chi connectivity index (χ2v) is 24.2. The Labute approximate surface area is 598 Å². The first-order valence-electron chi connectivity index (χ1n) is 33.3. The van der Waals surface area contributed by atoms with E-state index in [0.29, 0.717) is 30.9 Å². The van der Waals surface area contributed by atoms with Crippen molar-refractivity contribution in [2.24, 2.45) is 0 Å². The molecule has 0 aromatic heterocycles. The van der Waals surface area contributed by atoms with E-state index in [0.717, 1.165) is 95.3 Å². The average Bonchev–Trinajstić information content (AvgIpc) is 0.829. The molecule has 0 aliphatic heterocycles. The number of phenolic OH excluding ortho intramolecular Hbond substituents is 5. The Morgan fingerprint density at radius 1 is 0.376 bits per heavy atom. The van der Waals surface area contributed by atoms with Gasteiger partial charge < -0.3 is 59.3 Å². The molecule has 101 heavy (non-hydrogen) atoms. The Bertz CT molecular complexity index is 3980. The second kappa shape index (κ2) is 39.8. The number of allylic oxidation sites excluding steroid dienone is 9. The second-order valence-electron chi connectivity index (χ2n) is 24.2. The third-order valence-electron chi connectivity index (χ3n) is 15.9. The van der Waals surface area contributed by atoms with Gasteiger partial charge in [0.25, 0.3) is 6.48 Å². The number of ketones is 1. The fourth-order valence-corrected chi connectivity index (χ4v) is 9.94. The summed E-state index contributed by atoms with van der Waals surface area (Å²) in [6, 6.07) is 67.4. The Balaban J connectivity index is 0.000000214. The van der Waals surface area contributed by atoms with Crippen LogP contribution in [0.3, 0.4) is 0 Å². The third-order valence-corrected chi connectivity index (χ3v) is 15.9. The van der Waals surface area contributed by atoms with Crippen LogP contribution in [0.15, 0.2) is 280 Å². The predicted octanol–water partition coefficient (Wildman–Crippen LogP) is 17.6. The van der Waals surface area contributed by atoms with E-state index in [1.54, 1.807) is 60.7 Å².